The number of carbonyl (C=O) groups excluding carboxylic acids is 2. The van der Waals surface area contributed by atoms with Crippen LogP contribution in [0.15, 0.2) is 54.7 Å². The molecule has 0 saturated carbocycles. The lowest BCUT2D eigenvalue weighted by Crippen LogP contribution is -2.53. The van der Waals surface area contributed by atoms with Crippen molar-refractivity contribution in [1.82, 2.24) is 9.47 Å². The van der Waals surface area contributed by atoms with E-state index in [9.17, 15) is 35.9 Å². The van der Waals surface area contributed by atoms with Crippen LogP contribution in [0.25, 0.3) is 5.69 Å². The van der Waals surface area contributed by atoms with Crippen molar-refractivity contribution in [3.63, 3.8) is 0 Å². The first-order chi connectivity index (χ1) is 17.3. The van der Waals surface area contributed by atoms with E-state index in [1.165, 1.54) is 7.11 Å². The average molecular weight is 523 g/mol. The fraction of sp³-hybridized carbons (Fsp3) is 0.280. The standard InChI is InChI=1S/C25H19F6N3O3/c1-37-17-4-5-19-18(12-17)32-23(20-3-2-7-33(19)20)6-8-34(21(35)13-23)22(36)14-9-15(24(26,27)28)11-16(10-14)25(29,30)31/h2-5,7,9-12,32H,6,8,13H2,1H3. The smallest absolute Gasteiger partial charge is 0.416 e. The minimum atomic E-state index is -5.11. The maximum atomic E-state index is 13.3. The molecule has 0 radical (unpaired) electrons. The zero-order valence-electron chi connectivity index (χ0n) is 19.2. The van der Waals surface area contributed by atoms with Crippen molar-refractivity contribution >= 4 is 17.5 Å². The Morgan fingerprint density at radius 2 is 1.68 bits per heavy atom. The lowest BCUT2D eigenvalue weighted by atomic mass is 9.81. The molecule has 3 heterocycles. The monoisotopic (exact) mass is 523 g/mol. The third-order valence-corrected chi connectivity index (χ3v) is 6.67. The first-order valence-corrected chi connectivity index (χ1v) is 11.1. The molecule has 2 amide bonds. The highest BCUT2D eigenvalue weighted by atomic mass is 19.4. The predicted octanol–water partition coefficient (Wildman–Crippen LogP) is 5.61. The van der Waals surface area contributed by atoms with Gasteiger partial charge in [0.2, 0.25) is 5.91 Å². The Labute approximate surface area is 206 Å². The van der Waals surface area contributed by atoms with Gasteiger partial charge in [0.1, 0.15) is 5.75 Å². The van der Waals surface area contributed by atoms with Crippen LogP contribution in [0.1, 0.15) is 40.0 Å². The van der Waals surface area contributed by atoms with Gasteiger partial charge in [0.15, 0.2) is 0 Å². The molecule has 1 aromatic heterocycles. The van der Waals surface area contributed by atoms with Crippen LogP contribution in [-0.2, 0) is 22.7 Å². The summed E-state index contributed by atoms with van der Waals surface area (Å²) in [5, 5.41) is 3.36. The Hall–Kier alpha value is -3.96. The summed E-state index contributed by atoms with van der Waals surface area (Å²) in [4.78, 5) is 27.0. The fourth-order valence-electron chi connectivity index (χ4n) is 4.90. The summed E-state index contributed by atoms with van der Waals surface area (Å²) < 4.78 is 86.8. The Bertz CT molecular complexity index is 1380. The van der Waals surface area contributed by atoms with Crippen LogP contribution in [0, 0.1) is 0 Å². The molecule has 2 aliphatic heterocycles. The van der Waals surface area contributed by atoms with Gasteiger partial charge in [0.05, 0.1) is 41.6 Å². The van der Waals surface area contributed by atoms with Gasteiger partial charge in [0.25, 0.3) is 5.91 Å². The number of amides is 2. The molecule has 1 unspecified atom stereocenters. The van der Waals surface area contributed by atoms with Crippen molar-refractivity contribution in [2.75, 3.05) is 19.0 Å². The Kier molecular flexibility index (Phi) is 5.54. The highest BCUT2D eigenvalue weighted by Crippen LogP contribution is 2.45. The molecule has 0 bridgehead atoms. The van der Waals surface area contributed by atoms with Gasteiger partial charge in [-0.05, 0) is 48.9 Å². The lowest BCUT2D eigenvalue weighted by Gasteiger charge is -2.45. The molecule has 2 aromatic carbocycles. The molecule has 2 aliphatic rings. The zero-order valence-corrected chi connectivity index (χ0v) is 19.2. The number of benzene rings is 2. The van der Waals surface area contributed by atoms with E-state index in [-0.39, 0.29) is 25.5 Å². The third-order valence-electron chi connectivity index (χ3n) is 6.67. The Balaban J connectivity index is 1.47. The molecule has 1 atom stereocenters. The number of likely N-dealkylation sites (tertiary alicyclic amines) is 1. The van der Waals surface area contributed by atoms with Crippen LogP contribution in [0.4, 0.5) is 32.0 Å². The van der Waals surface area contributed by atoms with Gasteiger partial charge < -0.3 is 14.6 Å². The minimum absolute atomic E-state index is 0.0599. The first-order valence-electron chi connectivity index (χ1n) is 11.1. The summed E-state index contributed by atoms with van der Waals surface area (Å²) in [5.74, 6) is -1.38. The van der Waals surface area contributed by atoms with Gasteiger partial charge in [-0.1, -0.05) is 0 Å². The van der Waals surface area contributed by atoms with Crippen LogP contribution in [0.5, 0.6) is 5.75 Å². The minimum Gasteiger partial charge on any atom is -0.497 e. The van der Waals surface area contributed by atoms with Gasteiger partial charge in [-0.25, -0.2) is 0 Å². The second-order valence-corrected chi connectivity index (χ2v) is 8.93. The second-order valence-electron chi connectivity index (χ2n) is 8.93. The van der Waals surface area contributed by atoms with E-state index in [4.69, 9.17) is 4.74 Å². The summed E-state index contributed by atoms with van der Waals surface area (Å²) in [6, 6.07) is 9.58. The van der Waals surface area contributed by atoms with Crippen LogP contribution >= 0.6 is 0 Å². The number of halogens is 6. The maximum absolute atomic E-state index is 13.3. The highest BCUT2D eigenvalue weighted by molar-refractivity contribution is 6.05. The number of alkyl halides is 6. The lowest BCUT2D eigenvalue weighted by molar-refractivity contribution is -0.143. The molecule has 1 spiro atoms. The summed E-state index contributed by atoms with van der Waals surface area (Å²) in [7, 11) is 1.51. The maximum Gasteiger partial charge on any atom is 0.416 e. The number of anilines is 1. The van der Waals surface area contributed by atoms with Crippen molar-refractivity contribution in [1.29, 1.82) is 0 Å². The van der Waals surface area contributed by atoms with E-state index >= 15 is 0 Å². The highest BCUT2D eigenvalue weighted by Gasteiger charge is 2.47. The molecule has 5 rings (SSSR count). The number of piperidine rings is 1. The molecule has 1 fully saturated rings. The normalized spacial score (nSPS) is 19.3. The number of methoxy groups -OCH3 is 1. The quantitative estimate of drug-likeness (QED) is 0.351. The molecule has 1 saturated heterocycles. The third kappa shape index (κ3) is 4.19. The first kappa shape index (κ1) is 24.7. The molecule has 0 aliphatic carbocycles. The molecule has 1 N–H and O–H groups in total. The second kappa shape index (κ2) is 8.29. The molecule has 194 valence electrons. The predicted molar refractivity (Wildman–Crippen MR) is 119 cm³/mol. The van der Waals surface area contributed by atoms with E-state index in [2.05, 4.69) is 5.32 Å². The van der Waals surface area contributed by atoms with Gasteiger partial charge in [0, 0.05) is 30.1 Å². The van der Waals surface area contributed by atoms with Crippen LogP contribution in [0.2, 0.25) is 0 Å². The van der Waals surface area contributed by atoms with E-state index in [0.717, 1.165) is 11.4 Å². The number of aromatic nitrogens is 1. The molecule has 3 aromatic rings. The van der Waals surface area contributed by atoms with E-state index in [1.807, 2.05) is 22.9 Å². The number of ether oxygens (including phenoxy) is 1. The van der Waals surface area contributed by atoms with Crippen LogP contribution in [-0.4, -0.2) is 34.9 Å². The van der Waals surface area contributed by atoms with Crippen LogP contribution < -0.4 is 10.1 Å². The molecular weight excluding hydrogens is 504 g/mol. The van der Waals surface area contributed by atoms with E-state index in [1.54, 1.807) is 18.2 Å². The molecule has 37 heavy (non-hydrogen) atoms. The van der Waals surface area contributed by atoms with Gasteiger partial charge in [-0.15, -0.1) is 0 Å². The van der Waals surface area contributed by atoms with Crippen molar-refractivity contribution in [2.24, 2.45) is 0 Å². The number of fused-ring (bicyclic) bond motifs is 4. The Morgan fingerprint density at radius 1 is 1.00 bits per heavy atom. The van der Waals surface area contributed by atoms with Crippen molar-refractivity contribution < 1.29 is 40.7 Å². The van der Waals surface area contributed by atoms with Crippen molar-refractivity contribution in [2.45, 2.75) is 30.7 Å². The van der Waals surface area contributed by atoms with E-state index in [0.29, 0.717) is 28.5 Å². The summed E-state index contributed by atoms with van der Waals surface area (Å²) in [6.07, 6.45) is -8.48. The van der Waals surface area contributed by atoms with Gasteiger partial charge >= 0.3 is 12.4 Å². The number of hydrogen-bond donors (Lipinski definition) is 1. The van der Waals surface area contributed by atoms with Gasteiger partial charge in [-0.3, -0.25) is 14.5 Å². The van der Waals surface area contributed by atoms with Crippen LogP contribution in [0.3, 0.4) is 0 Å². The number of carbonyl (C=O) groups is 2. The number of hydrogen-bond acceptors (Lipinski definition) is 4. The number of nitrogens with zero attached hydrogens (tertiary/aromatic N) is 2. The molecule has 6 nitrogen and oxygen atoms in total. The number of imide groups is 1. The Morgan fingerprint density at radius 3 is 2.27 bits per heavy atom. The fourth-order valence-corrected chi connectivity index (χ4v) is 4.90. The summed E-state index contributed by atoms with van der Waals surface area (Å²) in [5.41, 5.74) is -2.83. The van der Waals surface area contributed by atoms with Crippen molar-refractivity contribution in [3.05, 3.63) is 77.1 Å². The molecular formula is C25H19F6N3O3. The van der Waals surface area contributed by atoms with Crippen molar-refractivity contribution in [3.8, 4) is 11.4 Å². The average Bonchev–Trinajstić information content (AvgIpc) is 3.33. The van der Waals surface area contributed by atoms with Gasteiger partial charge in [-0.2, -0.15) is 26.3 Å². The molecule has 12 heteroatoms. The summed E-state index contributed by atoms with van der Waals surface area (Å²) >= 11 is 0. The number of nitrogens with one attached hydrogen (secondary N) is 1. The largest absolute Gasteiger partial charge is 0.497 e. The topological polar surface area (TPSA) is 63.6 Å². The summed E-state index contributed by atoms with van der Waals surface area (Å²) in [6.45, 7) is -0.216. The SMILES string of the molecule is COc1ccc2c(c1)NC1(CCN(C(=O)c3cc(C(F)(F)F)cc(C(F)(F)F)c3)C(=O)C1)c1cccn1-2. The zero-order chi connectivity index (χ0) is 26.8. The number of rotatable bonds is 2. The van der Waals surface area contributed by atoms with E-state index < -0.39 is 46.4 Å².